The molecule has 3 rings (SSSR count). The second kappa shape index (κ2) is 5.95. The number of hydrogen-bond donors (Lipinski definition) is 0. The maximum absolute atomic E-state index is 12.9. The molecule has 0 aliphatic carbocycles. The molecule has 2 aromatic rings. The summed E-state index contributed by atoms with van der Waals surface area (Å²) in [5, 5.41) is 7.88. The topological polar surface area (TPSA) is 56.0 Å². The normalized spacial score (nSPS) is 18.9. The zero-order valence-corrected chi connectivity index (χ0v) is 13.4. The lowest BCUT2D eigenvalue weighted by molar-refractivity contribution is -0.143. The molecule has 3 heterocycles. The quantitative estimate of drug-likeness (QED) is 0.841. The van der Waals surface area contributed by atoms with Crippen LogP contribution in [0.5, 0.6) is 0 Å². The number of hydrogen-bond acceptors (Lipinski definition) is 3. The van der Waals surface area contributed by atoms with E-state index >= 15 is 0 Å². The standard InChI is InChI=1S/C15H18F3N5O/c1-21-8-11(7-19-21)10-4-3-5-23(9-10)14(24)12-6-13(15(16,17)18)22(2)20-12/h6-8,10H,3-5,9H2,1-2H3/t10-/m0/s1. The lowest BCUT2D eigenvalue weighted by Gasteiger charge is -2.31. The fraction of sp³-hybridized carbons (Fsp3) is 0.533. The fourth-order valence-corrected chi connectivity index (χ4v) is 3.08. The smallest absolute Gasteiger partial charge is 0.337 e. The largest absolute Gasteiger partial charge is 0.433 e. The van der Waals surface area contributed by atoms with E-state index in [1.165, 1.54) is 7.05 Å². The summed E-state index contributed by atoms with van der Waals surface area (Å²) in [6, 6.07) is 0.815. The molecule has 0 bridgehead atoms. The molecule has 0 unspecified atom stereocenters. The number of rotatable bonds is 2. The molecule has 1 atom stereocenters. The molecule has 0 aromatic carbocycles. The Morgan fingerprint density at radius 3 is 2.67 bits per heavy atom. The van der Waals surface area contributed by atoms with Crippen molar-refractivity contribution in [1.82, 2.24) is 24.5 Å². The molecule has 9 heteroatoms. The van der Waals surface area contributed by atoms with Crippen molar-refractivity contribution in [3.8, 4) is 0 Å². The van der Waals surface area contributed by atoms with Crippen LogP contribution in [0.1, 0.15) is 40.5 Å². The summed E-state index contributed by atoms with van der Waals surface area (Å²) < 4.78 is 41.0. The predicted molar refractivity (Wildman–Crippen MR) is 79.3 cm³/mol. The molecular weight excluding hydrogens is 323 g/mol. The average molecular weight is 341 g/mol. The number of amides is 1. The number of carbonyl (C=O) groups excluding carboxylic acids is 1. The third-order valence-electron chi connectivity index (χ3n) is 4.29. The maximum Gasteiger partial charge on any atom is 0.433 e. The van der Waals surface area contributed by atoms with Crippen LogP contribution in [0.4, 0.5) is 13.2 Å². The maximum atomic E-state index is 12.9. The minimum atomic E-state index is -4.53. The van der Waals surface area contributed by atoms with E-state index in [0.717, 1.165) is 24.5 Å². The van der Waals surface area contributed by atoms with Gasteiger partial charge in [0.1, 0.15) is 5.69 Å². The molecule has 6 nitrogen and oxygen atoms in total. The molecule has 130 valence electrons. The van der Waals surface area contributed by atoms with Crippen LogP contribution in [0.25, 0.3) is 0 Å². The van der Waals surface area contributed by atoms with Crippen LogP contribution in [0.15, 0.2) is 18.5 Å². The van der Waals surface area contributed by atoms with E-state index in [9.17, 15) is 18.0 Å². The molecule has 1 saturated heterocycles. The van der Waals surface area contributed by atoms with Gasteiger partial charge in [-0.25, -0.2) is 0 Å². The van der Waals surface area contributed by atoms with E-state index in [0.29, 0.717) is 17.8 Å². The summed E-state index contributed by atoms with van der Waals surface area (Å²) in [4.78, 5) is 14.1. The number of alkyl halides is 3. The molecule has 2 aromatic heterocycles. The first kappa shape index (κ1) is 16.5. The molecule has 1 aliphatic rings. The van der Waals surface area contributed by atoms with E-state index in [1.54, 1.807) is 15.8 Å². The zero-order valence-electron chi connectivity index (χ0n) is 13.4. The van der Waals surface area contributed by atoms with Crippen molar-refractivity contribution < 1.29 is 18.0 Å². The Kier molecular flexibility index (Phi) is 4.10. The fourth-order valence-electron chi connectivity index (χ4n) is 3.08. The highest BCUT2D eigenvalue weighted by atomic mass is 19.4. The number of aromatic nitrogens is 4. The van der Waals surface area contributed by atoms with E-state index in [1.807, 2.05) is 13.2 Å². The van der Waals surface area contributed by atoms with Gasteiger partial charge >= 0.3 is 6.18 Å². The van der Waals surface area contributed by atoms with Gasteiger partial charge in [0, 0.05) is 45.4 Å². The lowest BCUT2D eigenvalue weighted by Crippen LogP contribution is -2.39. The first-order chi connectivity index (χ1) is 11.3. The van der Waals surface area contributed by atoms with Gasteiger partial charge in [0.05, 0.1) is 6.20 Å². The Morgan fingerprint density at radius 2 is 2.08 bits per heavy atom. The van der Waals surface area contributed by atoms with Crippen molar-refractivity contribution in [2.45, 2.75) is 24.9 Å². The van der Waals surface area contributed by atoms with Gasteiger partial charge in [-0.15, -0.1) is 0 Å². The van der Waals surface area contributed by atoms with Crippen molar-refractivity contribution >= 4 is 5.91 Å². The molecule has 0 N–H and O–H groups in total. The molecule has 0 saturated carbocycles. The molecule has 1 amide bonds. The summed E-state index contributed by atoms with van der Waals surface area (Å²) >= 11 is 0. The van der Waals surface area contributed by atoms with Crippen molar-refractivity contribution in [2.75, 3.05) is 13.1 Å². The Morgan fingerprint density at radius 1 is 1.33 bits per heavy atom. The molecule has 1 aliphatic heterocycles. The number of nitrogens with zero attached hydrogens (tertiary/aromatic N) is 5. The summed E-state index contributed by atoms with van der Waals surface area (Å²) in [5.74, 6) is -0.322. The van der Waals surface area contributed by atoms with Crippen LogP contribution < -0.4 is 0 Å². The number of aryl methyl sites for hydroxylation is 2. The van der Waals surface area contributed by atoms with Crippen molar-refractivity contribution in [3.05, 3.63) is 35.4 Å². The van der Waals surface area contributed by atoms with Crippen molar-refractivity contribution in [3.63, 3.8) is 0 Å². The van der Waals surface area contributed by atoms with E-state index < -0.39 is 17.8 Å². The van der Waals surface area contributed by atoms with Gasteiger partial charge in [-0.05, 0) is 18.4 Å². The number of carbonyl (C=O) groups is 1. The highest BCUT2D eigenvalue weighted by Gasteiger charge is 2.36. The van der Waals surface area contributed by atoms with Crippen molar-refractivity contribution in [2.24, 2.45) is 14.1 Å². The summed E-state index contributed by atoms with van der Waals surface area (Å²) in [5.41, 5.74) is -0.0599. The Balaban J connectivity index is 1.77. The molecule has 0 spiro atoms. The number of piperidine rings is 1. The van der Waals surface area contributed by atoms with Gasteiger partial charge in [-0.3, -0.25) is 14.2 Å². The van der Waals surface area contributed by atoms with Crippen LogP contribution in [0.3, 0.4) is 0 Å². The zero-order chi connectivity index (χ0) is 17.5. The second-order valence-corrected chi connectivity index (χ2v) is 6.07. The average Bonchev–Trinajstić information content (AvgIpc) is 3.12. The third-order valence-corrected chi connectivity index (χ3v) is 4.29. The van der Waals surface area contributed by atoms with Gasteiger partial charge in [-0.2, -0.15) is 23.4 Å². The van der Waals surface area contributed by atoms with Crippen LogP contribution in [-0.2, 0) is 20.3 Å². The molecule has 24 heavy (non-hydrogen) atoms. The molecular formula is C15H18F3N5O. The Labute approximate surface area is 136 Å². The lowest BCUT2D eigenvalue weighted by atomic mass is 9.92. The predicted octanol–water partition coefficient (Wildman–Crippen LogP) is 2.19. The minimum absolute atomic E-state index is 0.141. The van der Waals surface area contributed by atoms with Crippen molar-refractivity contribution in [1.29, 1.82) is 0 Å². The molecule has 0 radical (unpaired) electrons. The van der Waals surface area contributed by atoms with E-state index in [4.69, 9.17) is 0 Å². The van der Waals surface area contributed by atoms with E-state index in [-0.39, 0.29) is 11.6 Å². The number of halogens is 3. The number of likely N-dealkylation sites (tertiary alicyclic amines) is 1. The van der Waals surface area contributed by atoms with Gasteiger partial charge in [0.2, 0.25) is 0 Å². The SMILES string of the molecule is Cn1cc([C@H]2CCCN(C(=O)c3cc(C(F)(F)F)n(C)n3)C2)cn1. The monoisotopic (exact) mass is 341 g/mol. The van der Waals surface area contributed by atoms with E-state index in [2.05, 4.69) is 10.2 Å². The van der Waals surface area contributed by atoms with Crippen LogP contribution >= 0.6 is 0 Å². The van der Waals surface area contributed by atoms with Gasteiger partial charge in [-0.1, -0.05) is 0 Å². The highest BCUT2D eigenvalue weighted by molar-refractivity contribution is 5.92. The first-order valence-electron chi connectivity index (χ1n) is 7.65. The van der Waals surface area contributed by atoms with Crippen LogP contribution in [0, 0.1) is 0 Å². The van der Waals surface area contributed by atoms with Gasteiger partial charge < -0.3 is 4.90 Å². The third kappa shape index (κ3) is 3.15. The Bertz CT molecular complexity index is 749. The molecule has 1 fully saturated rings. The first-order valence-corrected chi connectivity index (χ1v) is 7.65. The summed E-state index contributed by atoms with van der Waals surface area (Å²) in [7, 11) is 3.01. The Hall–Kier alpha value is -2.32. The minimum Gasteiger partial charge on any atom is -0.337 e. The summed E-state index contributed by atoms with van der Waals surface area (Å²) in [6.45, 7) is 0.982. The van der Waals surface area contributed by atoms with Gasteiger partial charge in [0.15, 0.2) is 5.69 Å². The highest BCUT2D eigenvalue weighted by Crippen LogP contribution is 2.31. The van der Waals surface area contributed by atoms with Gasteiger partial charge in [0.25, 0.3) is 5.91 Å². The van der Waals surface area contributed by atoms with Crippen LogP contribution in [0.2, 0.25) is 0 Å². The second-order valence-electron chi connectivity index (χ2n) is 6.07. The van der Waals surface area contributed by atoms with Crippen LogP contribution in [-0.4, -0.2) is 43.5 Å². The summed E-state index contributed by atoms with van der Waals surface area (Å²) in [6.07, 6.45) is 0.860.